The smallest absolute Gasteiger partial charge is 0.142 e. The van der Waals surface area contributed by atoms with Gasteiger partial charge in [0, 0.05) is 12.6 Å². The van der Waals surface area contributed by atoms with Gasteiger partial charge < -0.3 is 5.11 Å². The van der Waals surface area contributed by atoms with Gasteiger partial charge in [-0.05, 0) is 37.6 Å². The maximum Gasteiger partial charge on any atom is 0.142 e. The lowest BCUT2D eigenvalue weighted by molar-refractivity contribution is 0.0288. The van der Waals surface area contributed by atoms with Gasteiger partial charge in [-0.25, -0.2) is 4.39 Å². The molecule has 0 aromatic heterocycles. The van der Waals surface area contributed by atoms with Crippen molar-refractivity contribution in [1.82, 2.24) is 4.90 Å². The molecule has 0 spiro atoms. The summed E-state index contributed by atoms with van der Waals surface area (Å²) in [5, 5.41) is 10.1. The first kappa shape index (κ1) is 13.8. The first-order valence-corrected chi connectivity index (χ1v) is 6.78. The number of aliphatic hydroxyl groups is 1. The topological polar surface area (TPSA) is 23.5 Å². The first-order valence-electron chi connectivity index (χ1n) is 6.40. The van der Waals surface area contributed by atoms with Crippen molar-refractivity contribution in [2.24, 2.45) is 0 Å². The van der Waals surface area contributed by atoms with E-state index in [1.54, 1.807) is 6.07 Å². The Kier molecular flexibility index (Phi) is 4.60. The minimum atomic E-state index is -0.383. The zero-order valence-electron chi connectivity index (χ0n) is 10.6. The summed E-state index contributed by atoms with van der Waals surface area (Å²) in [6.07, 6.45) is 3.86. The largest absolute Gasteiger partial charge is 0.391 e. The van der Waals surface area contributed by atoms with Crippen molar-refractivity contribution in [3.63, 3.8) is 0 Å². The Morgan fingerprint density at radius 1 is 1.39 bits per heavy atom. The Balaban J connectivity index is 2.01. The van der Waals surface area contributed by atoms with Crippen molar-refractivity contribution in [3.8, 4) is 0 Å². The number of hydrogen-bond acceptors (Lipinski definition) is 2. The number of halogens is 2. The third kappa shape index (κ3) is 3.22. The second-order valence-electron chi connectivity index (χ2n) is 5.08. The molecule has 1 fully saturated rings. The summed E-state index contributed by atoms with van der Waals surface area (Å²) in [6, 6.07) is 5.06. The van der Waals surface area contributed by atoms with Crippen LogP contribution in [-0.2, 0) is 6.54 Å². The molecule has 0 aliphatic heterocycles. The molecule has 1 aliphatic carbocycles. The van der Waals surface area contributed by atoms with Crippen molar-refractivity contribution in [2.75, 3.05) is 7.05 Å². The average Bonchev–Trinajstić information content (AvgIpc) is 2.34. The number of nitrogens with zero attached hydrogens (tertiary/aromatic N) is 1. The maximum absolute atomic E-state index is 13.3. The van der Waals surface area contributed by atoms with Crippen LogP contribution >= 0.6 is 11.6 Å². The molecule has 2 rings (SSSR count). The summed E-state index contributed by atoms with van der Waals surface area (Å²) >= 11 is 5.66. The van der Waals surface area contributed by atoms with E-state index in [4.69, 9.17) is 11.6 Å². The van der Waals surface area contributed by atoms with Gasteiger partial charge in [-0.3, -0.25) is 4.90 Å². The quantitative estimate of drug-likeness (QED) is 0.913. The number of benzene rings is 1. The highest BCUT2D eigenvalue weighted by Gasteiger charge is 2.26. The Hall–Kier alpha value is -0.640. The lowest BCUT2D eigenvalue weighted by Crippen LogP contribution is -2.42. The van der Waals surface area contributed by atoms with Crippen LogP contribution in [0, 0.1) is 5.82 Å². The van der Waals surface area contributed by atoms with E-state index >= 15 is 0 Å². The Bertz CT molecular complexity index is 413. The SMILES string of the molecule is CN(Cc1ccc(Cl)c(F)c1)C1CCCCC1O. The Morgan fingerprint density at radius 3 is 2.78 bits per heavy atom. The molecule has 1 aromatic rings. The molecule has 0 bridgehead atoms. The molecule has 1 aliphatic rings. The lowest BCUT2D eigenvalue weighted by Gasteiger charge is -2.35. The van der Waals surface area contributed by atoms with Crippen molar-refractivity contribution in [2.45, 2.75) is 44.4 Å². The van der Waals surface area contributed by atoms with E-state index in [0.717, 1.165) is 31.2 Å². The molecule has 0 radical (unpaired) electrons. The normalized spacial score (nSPS) is 24.5. The van der Waals surface area contributed by atoms with Crippen LogP contribution in [0.5, 0.6) is 0 Å². The van der Waals surface area contributed by atoms with Crippen LogP contribution in [0.15, 0.2) is 18.2 Å². The second kappa shape index (κ2) is 6.00. The Morgan fingerprint density at radius 2 is 2.11 bits per heavy atom. The average molecular weight is 272 g/mol. The fraction of sp³-hybridized carbons (Fsp3) is 0.571. The molecule has 4 heteroatoms. The van der Waals surface area contributed by atoms with Gasteiger partial charge in [-0.15, -0.1) is 0 Å². The summed E-state index contributed by atoms with van der Waals surface area (Å²) in [4.78, 5) is 2.10. The molecule has 0 amide bonds. The summed E-state index contributed by atoms with van der Waals surface area (Å²) in [7, 11) is 1.98. The van der Waals surface area contributed by atoms with Crippen molar-refractivity contribution >= 4 is 11.6 Å². The third-order valence-corrected chi connectivity index (χ3v) is 3.98. The van der Waals surface area contributed by atoms with Crippen LogP contribution in [0.25, 0.3) is 0 Å². The Labute approximate surface area is 112 Å². The molecule has 2 unspecified atom stereocenters. The van der Waals surface area contributed by atoms with Gasteiger partial charge in [0.25, 0.3) is 0 Å². The van der Waals surface area contributed by atoms with Gasteiger partial charge in [0.05, 0.1) is 11.1 Å². The molecular formula is C14H19ClFNO. The predicted molar refractivity (Wildman–Crippen MR) is 71.1 cm³/mol. The molecule has 1 saturated carbocycles. The summed E-state index contributed by atoms with van der Waals surface area (Å²) in [5.41, 5.74) is 0.886. The predicted octanol–water partition coefficient (Wildman–Crippen LogP) is 3.21. The van der Waals surface area contributed by atoms with Gasteiger partial charge >= 0.3 is 0 Å². The lowest BCUT2D eigenvalue weighted by atomic mass is 9.91. The van der Waals surface area contributed by atoms with Crippen molar-refractivity contribution in [3.05, 3.63) is 34.6 Å². The van der Waals surface area contributed by atoms with Crippen LogP contribution in [0.1, 0.15) is 31.2 Å². The van der Waals surface area contributed by atoms with E-state index in [1.165, 1.54) is 6.07 Å². The standard InChI is InChI=1S/C14H19ClFNO/c1-17(13-4-2-3-5-14(13)18)9-10-6-7-11(15)12(16)8-10/h6-8,13-14,18H,2-5,9H2,1H3. The minimum Gasteiger partial charge on any atom is -0.391 e. The van der Waals surface area contributed by atoms with E-state index in [2.05, 4.69) is 4.90 Å². The van der Waals surface area contributed by atoms with E-state index < -0.39 is 0 Å². The molecule has 2 atom stereocenters. The van der Waals surface area contributed by atoms with Crippen LogP contribution in [0.3, 0.4) is 0 Å². The fourth-order valence-corrected chi connectivity index (χ4v) is 2.77. The van der Waals surface area contributed by atoms with Crippen molar-refractivity contribution < 1.29 is 9.50 Å². The number of hydrogen-bond donors (Lipinski definition) is 1. The van der Waals surface area contributed by atoms with E-state index in [1.807, 2.05) is 13.1 Å². The fourth-order valence-electron chi connectivity index (χ4n) is 2.65. The zero-order chi connectivity index (χ0) is 13.1. The highest BCUT2D eigenvalue weighted by atomic mass is 35.5. The maximum atomic E-state index is 13.3. The molecular weight excluding hydrogens is 253 g/mol. The van der Waals surface area contributed by atoms with Crippen molar-refractivity contribution in [1.29, 1.82) is 0 Å². The van der Waals surface area contributed by atoms with Crippen LogP contribution in [0.2, 0.25) is 5.02 Å². The molecule has 2 nitrogen and oxygen atoms in total. The first-order chi connectivity index (χ1) is 8.58. The second-order valence-corrected chi connectivity index (χ2v) is 5.49. The third-order valence-electron chi connectivity index (χ3n) is 3.68. The summed E-state index contributed by atoms with van der Waals surface area (Å²) in [5.74, 6) is -0.383. The summed E-state index contributed by atoms with van der Waals surface area (Å²) in [6.45, 7) is 0.635. The van der Waals surface area contributed by atoms with Crippen LogP contribution < -0.4 is 0 Å². The number of aliphatic hydroxyl groups excluding tert-OH is 1. The molecule has 0 heterocycles. The van der Waals surface area contributed by atoms with E-state index in [0.29, 0.717) is 6.54 Å². The van der Waals surface area contributed by atoms with Crippen LogP contribution in [0.4, 0.5) is 4.39 Å². The van der Waals surface area contributed by atoms with Gasteiger partial charge in [0.2, 0.25) is 0 Å². The number of likely N-dealkylation sites (N-methyl/N-ethyl adjacent to an activating group) is 1. The van der Waals surface area contributed by atoms with E-state index in [9.17, 15) is 9.50 Å². The minimum absolute atomic E-state index is 0.152. The zero-order valence-corrected chi connectivity index (χ0v) is 11.3. The van der Waals surface area contributed by atoms with Gasteiger partial charge in [-0.1, -0.05) is 30.5 Å². The highest BCUT2D eigenvalue weighted by Crippen LogP contribution is 2.24. The van der Waals surface area contributed by atoms with Gasteiger partial charge in [0.15, 0.2) is 0 Å². The monoisotopic (exact) mass is 271 g/mol. The number of rotatable bonds is 3. The summed E-state index contributed by atoms with van der Waals surface area (Å²) < 4.78 is 13.3. The van der Waals surface area contributed by atoms with E-state index in [-0.39, 0.29) is 23.0 Å². The molecule has 100 valence electrons. The molecule has 18 heavy (non-hydrogen) atoms. The van der Waals surface area contributed by atoms with Gasteiger partial charge in [0.1, 0.15) is 5.82 Å². The van der Waals surface area contributed by atoms with Crippen LogP contribution in [-0.4, -0.2) is 29.2 Å². The molecule has 1 aromatic carbocycles. The molecule has 0 saturated heterocycles. The molecule has 1 N–H and O–H groups in total. The highest BCUT2D eigenvalue weighted by molar-refractivity contribution is 6.30. The van der Waals surface area contributed by atoms with Gasteiger partial charge in [-0.2, -0.15) is 0 Å².